The number of H-pyrrole nitrogens is 1. The summed E-state index contributed by atoms with van der Waals surface area (Å²) in [6, 6.07) is 2.06. The van der Waals surface area contributed by atoms with E-state index < -0.39 is 0 Å². The number of aromatic nitrogens is 5. The number of nitrogens with zero attached hydrogens (tertiary/aromatic N) is 6. The molecule has 28 heavy (non-hydrogen) atoms. The lowest BCUT2D eigenvalue weighted by Gasteiger charge is -2.35. The monoisotopic (exact) mass is 377 g/mol. The first-order valence-electron chi connectivity index (χ1n) is 10.4. The number of anilines is 1. The van der Waals surface area contributed by atoms with Crippen LogP contribution < -0.4 is 4.90 Å². The molecule has 5 rings (SSSR count). The third-order valence-electron chi connectivity index (χ3n) is 6.11. The molecule has 3 aromatic heterocycles. The van der Waals surface area contributed by atoms with E-state index in [0.717, 1.165) is 55.4 Å². The van der Waals surface area contributed by atoms with Crippen molar-refractivity contribution in [2.75, 3.05) is 31.1 Å². The first-order valence-corrected chi connectivity index (χ1v) is 10.4. The molecule has 0 spiro atoms. The number of fused-ring (bicyclic) bond motifs is 1. The van der Waals surface area contributed by atoms with Crippen LogP contribution in [0.25, 0.3) is 11.0 Å². The minimum absolute atomic E-state index is 0.574. The molecular weight excluding hydrogens is 350 g/mol. The highest BCUT2D eigenvalue weighted by atomic mass is 15.3. The Morgan fingerprint density at radius 1 is 0.929 bits per heavy atom. The summed E-state index contributed by atoms with van der Waals surface area (Å²) in [4.78, 5) is 26.2. The average Bonchev–Trinajstić information content (AvgIpc) is 3.25. The first kappa shape index (κ1) is 17.6. The zero-order valence-electron chi connectivity index (χ0n) is 16.2. The molecule has 0 bridgehead atoms. The Hall–Kier alpha value is -2.54. The van der Waals surface area contributed by atoms with Crippen LogP contribution in [0.2, 0.25) is 0 Å². The van der Waals surface area contributed by atoms with Gasteiger partial charge in [-0.15, -0.1) is 0 Å². The van der Waals surface area contributed by atoms with Crippen LogP contribution in [-0.2, 0) is 6.54 Å². The average molecular weight is 377 g/mol. The van der Waals surface area contributed by atoms with E-state index >= 15 is 0 Å². The summed E-state index contributed by atoms with van der Waals surface area (Å²) in [6.07, 6.45) is 14.2. The second-order valence-corrected chi connectivity index (χ2v) is 7.98. The second kappa shape index (κ2) is 7.83. The van der Waals surface area contributed by atoms with Crippen molar-refractivity contribution in [3.05, 3.63) is 42.4 Å². The molecule has 7 nitrogen and oxygen atoms in total. The molecule has 7 heteroatoms. The Morgan fingerprint density at radius 3 is 2.50 bits per heavy atom. The number of nitrogens with one attached hydrogen (secondary N) is 1. The Balaban J connectivity index is 1.19. The highest BCUT2D eigenvalue weighted by Gasteiger charge is 2.21. The summed E-state index contributed by atoms with van der Waals surface area (Å²) in [5, 5.41) is 1.10. The van der Waals surface area contributed by atoms with Crippen LogP contribution >= 0.6 is 0 Å². The molecule has 0 unspecified atom stereocenters. The molecule has 3 aromatic rings. The van der Waals surface area contributed by atoms with Crippen molar-refractivity contribution in [2.24, 2.45) is 0 Å². The molecule has 1 saturated heterocycles. The standard InChI is InChI=1S/C21H27N7/c1-2-4-17(5-3-1)19-23-12-16(13-24-19)14-27-8-10-28(11-9-27)21-18-6-7-22-20(18)25-15-26-21/h6-7,12-13,15,17H,1-5,8-11,14H2,(H,22,25,26). The van der Waals surface area contributed by atoms with Crippen molar-refractivity contribution >= 4 is 16.9 Å². The number of hydrogen-bond acceptors (Lipinski definition) is 6. The fraction of sp³-hybridized carbons (Fsp3) is 0.524. The Kier molecular flexibility index (Phi) is 4.91. The lowest BCUT2D eigenvalue weighted by atomic mass is 9.89. The van der Waals surface area contributed by atoms with Gasteiger partial charge in [0.25, 0.3) is 0 Å². The summed E-state index contributed by atoms with van der Waals surface area (Å²) >= 11 is 0. The fourth-order valence-electron chi connectivity index (χ4n) is 4.50. The van der Waals surface area contributed by atoms with Crippen molar-refractivity contribution in [1.29, 1.82) is 0 Å². The molecule has 0 amide bonds. The van der Waals surface area contributed by atoms with E-state index in [1.807, 2.05) is 18.6 Å². The third kappa shape index (κ3) is 3.58. The van der Waals surface area contributed by atoms with E-state index in [-0.39, 0.29) is 0 Å². The second-order valence-electron chi connectivity index (χ2n) is 7.98. The molecule has 0 atom stereocenters. The molecule has 2 fully saturated rings. The number of aromatic amines is 1. The summed E-state index contributed by atoms with van der Waals surface area (Å²) < 4.78 is 0. The first-order chi connectivity index (χ1) is 13.9. The molecule has 0 radical (unpaired) electrons. The number of hydrogen-bond donors (Lipinski definition) is 1. The molecule has 2 aliphatic rings. The minimum atomic E-state index is 0.574. The third-order valence-corrected chi connectivity index (χ3v) is 6.11. The molecule has 0 aromatic carbocycles. The Morgan fingerprint density at radius 2 is 1.71 bits per heavy atom. The van der Waals surface area contributed by atoms with Gasteiger partial charge in [-0.05, 0) is 18.9 Å². The van der Waals surface area contributed by atoms with Crippen molar-refractivity contribution in [3.8, 4) is 0 Å². The Bertz CT molecular complexity index is 906. The van der Waals surface area contributed by atoms with Gasteiger partial charge in [0, 0.05) is 62.8 Å². The van der Waals surface area contributed by atoms with Crippen LogP contribution in [0.5, 0.6) is 0 Å². The number of piperazine rings is 1. The van der Waals surface area contributed by atoms with Crippen molar-refractivity contribution in [2.45, 2.75) is 44.6 Å². The van der Waals surface area contributed by atoms with Gasteiger partial charge in [-0.1, -0.05) is 19.3 Å². The smallest absolute Gasteiger partial charge is 0.142 e. The highest BCUT2D eigenvalue weighted by molar-refractivity contribution is 5.87. The Labute approximate surface area is 165 Å². The van der Waals surface area contributed by atoms with Crippen molar-refractivity contribution in [1.82, 2.24) is 29.8 Å². The lowest BCUT2D eigenvalue weighted by molar-refractivity contribution is 0.249. The van der Waals surface area contributed by atoms with Gasteiger partial charge < -0.3 is 9.88 Å². The highest BCUT2D eigenvalue weighted by Crippen LogP contribution is 2.30. The summed E-state index contributed by atoms with van der Waals surface area (Å²) in [5.74, 6) is 2.66. The zero-order valence-corrected chi connectivity index (χ0v) is 16.2. The normalized spacial score (nSPS) is 19.4. The van der Waals surface area contributed by atoms with Crippen LogP contribution in [0.4, 0.5) is 5.82 Å². The van der Waals surface area contributed by atoms with Crippen molar-refractivity contribution < 1.29 is 0 Å². The van der Waals surface area contributed by atoms with E-state index in [9.17, 15) is 0 Å². The molecule has 1 aliphatic heterocycles. The van der Waals surface area contributed by atoms with Gasteiger partial charge in [0.05, 0.1) is 5.39 Å². The van der Waals surface area contributed by atoms with E-state index in [0.29, 0.717) is 5.92 Å². The molecule has 1 N–H and O–H groups in total. The van der Waals surface area contributed by atoms with Crippen LogP contribution in [0.3, 0.4) is 0 Å². The van der Waals surface area contributed by atoms with Crippen molar-refractivity contribution in [3.63, 3.8) is 0 Å². The minimum Gasteiger partial charge on any atom is -0.353 e. The van der Waals surface area contributed by atoms with Crippen LogP contribution in [-0.4, -0.2) is 56.0 Å². The van der Waals surface area contributed by atoms with Gasteiger partial charge in [-0.2, -0.15) is 0 Å². The topological polar surface area (TPSA) is 73.8 Å². The molecule has 4 heterocycles. The van der Waals surface area contributed by atoms with Gasteiger partial charge in [0.2, 0.25) is 0 Å². The quantitative estimate of drug-likeness (QED) is 0.753. The van der Waals surface area contributed by atoms with Gasteiger partial charge in [0.15, 0.2) is 0 Å². The molecule has 146 valence electrons. The largest absolute Gasteiger partial charge is 0.353 e. The summed E-state index contributed by atoms with van der Waals surface area (Å²) in [6.45, 7) is 4.89. The lowest BCUT2D eigenvalue weighted by Crippen LogP contribution is -2.46. The maximum Gasteiger partial charge on any atom is 0.142 e. The predicted molar refractivity (Wildman–Crippen MR) is 109 cm³/mol. The van der Waals surface area contributed by atoms with E-state index in [4.69, 9.17) is 9.97 Å². The van der Waals surface area contributed by atoms with E-state index in [2.05, 4.69) is 30.8 Å². The van der Waals surface area contributed by atoms with Crippen LogP contribution in [0.15, 0.2) is 31.0 Å². The fourth-order valence-corrected chi connectivity index (χ4v) is 4.50. The van der Waals surface area contributed by atoms with Gasteiger partial charge in [0.1, 0.15) is 23.6 Å². The van der Waals surface area contributed by atoms with Gasteiger partial charge in [-0.3, -0.25) is 4.90 Å². The molecule has 1 saturated carbocycles. The molecular formula is C21H27N7. The van der Waals surface area contributed by atoms with Gasteiger partial charge in [-0.25, -0.2) is 19.9 Å². The van der Waals surface area contributed by atoms with E-state index in [1.54, 1.807) is 6.33 Å². The number of rotatable bonds is 4. The predicted octanol–water partition coefficient (Wildman–Crippen LogP) is 3.12. The summed E-state index contributed by atoms with van der Waals surface area (Å²) in [7, 11) is 0. The molecule has 1 aliphatic carbocycles. The van der Waals surface area contributed by atoms with Gasteiger partial charge >= 0.3 is 0 Å². The SMILES string of the molecule is c1nc(N2CCN(Cc3cnc(C4CCCCC4)nc3)CC2)c2cc[nH]c2n1. The van der Waals surface area contributed by atoms with E-state index in [1.165, 1.54) is 37.7 Å². The van der Waals surface area contributed by atoms with Crippen LogP contribution in [0, 0.1) is 0 Å². The maximum absolute atomic E-state index is 4.69. The maximum atomic E-state index is 4.69. The summed E-state index contributed by atoms with van der Waals surface area (Å²) in [5.41, 5.74) is 2.12. The van der Waals surface area contributed by atoms with Crippen LogP contribution in [0.1, 0.15) is 49.4 Å². The zero-order chi connectivity index (χ0) is 18.8.